The zero-order chi connectivity index (χ0) is 31.9. The number of halogens is 1. The van der Waals surface area contributed by atoms with Crippen molar-refractivity contribution in [2.75, 3.05) is 12.3 Å². The number of esters is 1. The molecule has 4 aliphatic carbocycles. The van der Waals surface area contributed by atoms with Crippen LogP contribution in [0.2, 0.25) is 0 Å². The van der Waals surface area contributed by atoms with E-state index in [-0.39, 0.29) is 12.3 Å². The fourth-order valence-electron chi connectivity index (χ4n) is 9.32. The van der Waals surface area contributed by atoms with Crippen LogP contribution >= 0.6 is 0 Å². The number of Topliss-reactive ketones (excluding diaryl/α,β-unsaturated/α-hetero) is 1. The second kappa shape index (κ2) is 10.2. The number of anilines is 1. The minimum absolute atomic E-state index is 0.0323. The number of fused-ring (bicyclic) bond motifs is 7. The maximum Gasteiger partial charge on any atom is 0.343 e. The van der Waals surface area contributed by atoms with Crippen molar-refractivity contribution in [3.8, 4) is 5.75 Å². The molecule has 9 atom stereocenters. The van der Waals surface area contributed by atoms with Crippen LogP contribution in [0.3, 0.4) is 0 Å². The Hall–Kier alpha value is -3.63. The van der Waals surface area contributed by atoms with Crippen molar-refractivity contribution in [2.24, 2.45) is 22.7 Å². The van der Waals surface area contributed by atoms with Gasteiger partial charge in [-0.05, 0) is 68.4 Å². The predicted molar refractivity (Wildman–Crippen MR) is 164 cm³/mol. The number of alkyl halides is 1. The summed E-state index contributed by atoms with van der Waals surface area (Å²) < 4.78 is 36.0. The van der Waals surface area contributed by atoms with Crippen LogP contribution in [0.1, 0.15) is 61.7 Å². The molecule has 7 rings (SSSR count). The Balaban J connectivity index is 1.17. The molecule has 1 saturated heterocycles. The first-order valence-electron chi connectivity index (χ1n) is 15.5. The molecule has 8 nitrogen and oxygen atoms in total. The summed E-state index contributed by atoms with van der Waals surface area (Å²) in [5, 5.41) is 21.9. The van der Waals surface area contributed by atoms with E-state index in [4.69, 9.17) is 19.9 Å². The number of carbonyl (C=O) groups is 2. The number of benzene rings is 2. The first-order valence-corrected chi connectivity index (χ1v) is 15.5. The van der Waals surface area contributed by atoms with Gasteiger partial charge >= 0.3 is 5.97 Å². The fourth-order valence-corrected chi connectivity index (χ4v) is 9.32. The van der Waals surface area contributed by atoms with E-state index in [1.165, 1.54) is 0 Å². The topological polar surface area (TPSA) is 128 Å². The molecule has 5 aliphatic rings. The number of ketones is 1. The van der Waals surface area contributed by atoms with Crippen molar-refractivity contribution < 1.29 is 38.4 Å². The number of aliphatic hydroxyl groups is 2. The Morgan fingerprint density at radius 3 is 2.62 bits per heavy atom. The van der Waals surface area contributed by atoms with E-state index in [1.807, 2.05) is 32.1 Å². The molecule has 3 saturated carbocycles. The maximum atomic E-state index is 17.6. The van der Waals surface area contributed by atoms with Crippen LogP contribution in [0.15, 0.2) is 84.5 Å². The maximum absolute atomic E-state index is 17.6. The summed E-state index contributed by atoms with van der Waals surface area (Å²) in [5.74, 6) is -1.69. The van der Waals surface area contributed by atoms with Crippen molar-refractivity contribution in [3.05, 3.63) is 95.6 Å². The highest BCUT2D eigenvalue weighted by Gasteiger charge is 2.79. The third kappa shape index (κ3) is 4.03. The number of nitrogen functional groups attached to an aromatic ring is 1. The van der Waals surface area contributed by atoms with Gasteiger partial charge in [-0.25, -0.2) is 9.18 Å². The highest BCUT2D eigenvalue weighted by molar-refractivity contribution is 5.92. The summed E-state index contributed by atoms with van der Waals surface area (Å²) in [6.45, 7) is 6.97. The normalized spacial score (nSPS) is 39.7. The Labute approximate surface area is 261 Å². The molecule has 0 spiro atoms. The van der Waals surface area contributed by atoms with Gasteiger partial charge in [0.15, 0.2) is 23.3 Å². The van der Waals surface area contributed by atoms with Gasteiger partial charge < -0.3 is 30.2 Å². The number of allylic oxidation sites excluding steroid dienone is 5. The first-order chi connectivity index (χ1) is 21.4. The average Bonchev–Trinajstić information content (AvgIpc) is 3.51. The van der Waals surface area contributed by atoms with E-state index >= 15 is 4.39 Å². The highest BCUT2D eigenvalue weighted by atomic mass is 19.1. The summed E-state index contributed by atoms with van der Waals surface area (Å²) in [6, 6.07) is 13.1. The summed E-state index contributed by atoms with van der Waals surface area (Å²) in [4.78, 5) is 26.5. The zero-order valence-corrected chi connectivity index (χ0v) is 25.4. The third-order valence-corrected chi connectivity index (χ3v) is 11.5. The highest BCUT2D eigenvalue weighted by Crippen LogP contribution is 2.72. The van der Waals surface area contributed by atoms with Gasteiger partial charge in [0.1, 0.15) is 12.4 Å². The van der Waals surface area contributed by atoms with Crippen molar-refractivity contribution in [1.29, 1.82) is 0 Å². The molecule has 0 bridgehead atoms. The van der Waals surface area contributed by atoms with Gasteiger partial charge in [-0.1, -0.05) is 55.5 Å². The molecule has 0 unspecified atom stereocenters. The number of nitrogens with two attached hydrogens (primary N) is 1. The Morgan fingerprint density at radius 2 is 1.91 bits per heavy atom. The molecule has 2 aromatic rings. The molecule has 1 aliphatic heterocycles. The molecule has 9 heteroatoms. The second-order valence-electron chi connectivity index (χ2n) is 13.6. The van der Waals surface area contributed by atoms with Gasteiger partial charge in [-0.3, -0.25) is 4.79 Å². The van der Waals surface area contributed by atoms with Gasteiger partial charge in [0, 0.05) is 34.1 Å². The number of hydrogen-bond acceptors (Lipinski definition) is 8. The predicted octanol–water partition coefficient (Wildman–Crippen LogP) is 5.17. The van der Waals surface area contributed by atoms with E-state index in [1.54, 1.807) is 48.5 Å². The number of carbonyl (C=O) groups excluding carboxylic acids is 2. The van der Waals surface area contributed by atoms with Crippen LogP contribution in [0, 0.1) is 22.7 Å². The van der Waals surface area contributed by atoms with Gasteiger partial charge in [-0.15, -0.1) is 0 Å². The molecule has 2 aromatic carbocycles. The standard InChI is InChI=1S/C36H38FNO7/c1-20-13-14-33(2)23(15-20)11-12-26-27-17-30-36(29(41)19-39,34(27,3)18-28(40)35(26,33)37)45-32(44-30)22-9-7-21(8-10-22)31(42)43-25-6-4-5-24(38)16-25/h4-10,13-16,26-28,30,32,39-40H,1,11-12,17-19,38H2,2-3H3/t26-,27-,28-,30+,32+,33-,34-,35-,36+/m0/s1. The Bertz CT molecular complexity index is 1650. The van der Waals surface area contributed by atoms with Crippen molar-refractivity contribution >= 4 is 17.4 Å². The SMILES string of the molecule is C=C1C=C[C@@]2(C)C(=C1)CC[C@H]1[C@@H]3C[C@H]4O[C@@H](c5ccc(C(=O)Oc6cccc(N)c6)cc5)O[C@@]4(C(=O)CO)[C@@]3(C)C[C@H](O)[C@@]12F. The third-order valence-electron chi connectivity index (χ3n) is 11.5. The fraction of sp³-hybridized carbons (Fsp3) is 0.444. The molecule has 4 fully saturated rings. The summed E-state index contributed by atoms with van der Waals surface area (Å²) in [7, 11) is 0. The van der Waals surface area contributed by atoms with Crippen LogP contribution in [0.25, 0.3) is 0 Å². The molecule has 1 heterocycles. The van der Waals surface area contributed by atoms with Crippen LogP contribution in [-0.4, -0.2) is 52.1 Å². The Morgan fingerprint density at radius 1 is 1.16 bits per heavy atom. The monoisotopic (exact) mass is 615 g/mol. The van der Waals surface area contributed by atoms with Crippen LogP contribution < -0.4 is 10.5 Å². The average molecular weight is 616 g/mol. The molecule has 0 radical (unpaired) electrons. The van der Waals surface area contributed by atoms with E-state index in [0.717, 1.165) is 11.1 Å². The van der Waals surface area contributed by atoms with Gasteiger partial charge in [0.05, 0.1) is 17.8 Å². The van der Waals surface area contributed by atoms with E-state index in [9.17, 15) is 19.8 Å². The largest absolute Gasteiger partial charge is 0.423 e. The molecule has 4 N–H and O–H groups in total. The number of aliphatic hydroxyl groups excluding tert-OH is 2. The summed E-state index contributed by atoms with van der Waals surface area (Å²) in [5.41, 5.74) is 3.27. The number of ether oxygens (including phenoxy) is 3. The zero-order valence-electron chi connectivity index (χ0n) is 25.4. The summed E-state index contributed by atoms with van der Waals surface area (Å²) in [6.07, 6.45) is 3.93. The molecular formula is C36H38FNO7. The van der Waals surface area contributed by atoms with Gasteiger partial charge in [0.2, 0.25) is 0 Å². The minimum atomic E-state index is -1.96. The van der Waals surface area contributed by atoms with Crippen molar-refractivity contribution in [2.45, 2.75) is 69.3 Å². The van der Waals surface area contributed by atoms with E-state index < -0.39 is 64.9 Å². The Kier molecular flexibility index (Phi) is 6.80. The quantitative estimate of drug-likeness (QED) is 0.239. The van der Waals surface area contributed by atoms with Crippen molar-refractivity contribution in [1.82, 2.24) is 0 Å². The second-order valence-corrected chi connectivity index (χ2v) is 13.6. The molecular weight excluding hydrogens is 577 g/mol. The lowest BCUT2D eigenvalue weighted by Gasteiger charge is -2.62. The van der Waals surface area contributed by atoms with Crippen LogP contribution in [0.4, 0.5) is 10.1 Å². The molecule has 0 amide bonds. The molecule has 236 valence electrons. The molecule has 45 heavy (non-hydrogen) atoms. The lowest BCUT2D eigenvalue weighted by molar-refractivity contribution is -0.231. The minimum Gasteiger partial charge on any atom is -0.423 e. The van der Waals surface area contributed by atoms with Gasteiger partial charge in [-0.2, -0.15) is 0 Å². The number of hydrogen-bond donors (Lipinski definition) is 3. The molecule has 0 aromatic heterocycles. The van der Waals surface area contributed by atoms with E-state index in [2.05, 4.69) is 6.58 Å². The summed E-state index contributed by atoms with van der Waals surface area (Å²) >= 11 is 0. The lowest BCUT2D eigenvalue weighted by atomic mass is 9.44. The van der Waals surface area contributed by atoms with Gasteiger partial charge in [0.25, 0.3) is 0 Å². The van der Waals surface area contributed by atoms with Crippen LogP contribution in [0.5, 0.6) is 5.75 Å². The van der Waals surface area contributed by atoms with Crippen molar-refractivity contribution in [3.63, 3.8) is 0 Å². The van der Waals surface area contributed by atoms with Crippen LogP contribution in [-0.2, 0) is 14.3 Å². The first kappa shape index (κ1) is 30.0. The number of rotatable bonds is 5. The van der Waals surface area contributed by atoms with E-state index in [0.29, 0.717) is 41.8 Å². The lowest BCUT2D eigenvalue weighted by Crippen LogP contribution is -2.69. The smallest absolute Gasteiger partial charge is 0.343 e.